The normalized spacial score (nSPS) is 33.8. The van der Waals surface area contributed by atoms with Crippen molar-refractivity contribution in [2.45, 2.75) is 161 Å². The van der Waals surface area contributed by atoms with Gasteiger partial charge in [-0.2, -0.15) is 0 Å². The second kappa shape index (κ2) is 20.9. The van der Waals surface area contributed by atoms with E-state index in [1.165, 1.54) is 18.9 Å². The van der Waals surface area contributed by atoms with E-state index < -0.39 is 132 Å². The first-order valence-electron chi connectivity index (χ1n) is 21.9. The predicted molar refractivity (Wildman–Crippen MR) is 236 cm³/mol. The van der Waals surface area contributed by atoms with Gasteiger partial charge in [0, 0.05) is 38.5 Å². The number of primary amides is 1. The van der Waals surface area contributed by atoms with Crippen molar-refractivity contribution in [3.05, 3.63) is 57.1 Å². The molecule has 4 aliphatic rings. The van der Waals surface area contributed by atoms with Crippen LogP contribution in [0.3, 0.4) is 0 Å². The number of aromatic amines is 1. The van der Waals surface area contributed by atoms with Crippen LogP contribution in [0.1, 0.15) is 97.3 Å². The van der Waals surface area contributed by atoms with Crippen molar-refractivity contribution in [2.75, 3.05) is 7.11 Å². The number of amides is 3. The Bertz CT molecular complexity index is 2060. The van der Waals surface area contributed by atoms with Crippen LogP contribution in [0.4, 0.5) is 4.79 Å². The number of methoxy groups -OCH3 is 1. The number of aromatic nitrogens is 1. The van der Waals surface area contributed by atoms with Crippen LogP contribution in [0.2, 0.25) is 10.0 Å². The average Bonchev–Trinajstić information content (AvgIpc) is 3.63. The molecule has 4 heterocycles. The number of Topliss-reactive ketones (excluding diaryl/α,β-unsaturated/α-hetero) is 1. The van der Waals surface area contributed by atoms with E-state index in [1.807, 2.05) is 26.0 Å². The zero-order valence-electron chi connectivity index (χ0n) is 38.5. The van der Waals surface area contributed by atoms with Crippen LogP contribution in [0.25, 0.3) is 0 Å². The molecule has 5 rings (SSSR count). The highest BCUT2D eigenvalue weighted by Gasteiger charge is 2.57. The lowest BCUT2D eigenvalue weighted by Crippen LogP contribution is -2.66. The monoisotopic (exact) mass is 954 g/mol. The van der Waals surface area contributed by atoms with Gasteiger partial charge in [0.15, 0.2) is 30.5 Å². The SMILES string of the molecule is C=C1CCC(OC2CC(O)(C(C)NC(=O)c3[nH]c(C)c(Cl)c3Cl)C(O)C(C)O2)C(/C=C\C(C)C)C1CC(=O)C1=C(O)C(C(C)C)N(C2OC(C)C(OC(N)=O)C(OC(C)=O)C2OC)C1=O. The van der Waals surface area contributed by atoms with Gasteiger partial charge in [-0.25, -0.2) is 4.79 Å². The maximum atomic E-state index is 14.6. The second-order valence-electron chi connectivity index (χ2n) is 18.2. The number of carbonyl (C=O) groups excluding carboxylic acids is 5. The molecule has 7 N–H and O–H groups in total. The van der Waals surface area contributed by atoms with Gasteiger partial charge in [-0.15, -0.1) is 0 Å². The van der Waals surface area contributed by atoms with Crippen molar-refractivity contribution < 1.29 is 67.7 Å². The zero-order valence-corrected chi connectivity index (χ0v) is 40.0. The molecule has 1 aromatic rings. The Morgan fingerprint density at radius 2 is 1.72 bits per heavy atom. The molecule has 2 saturated heterocycles. The summed E-state index contributed by atoms with van der Waals surface area (Å²) in [6, 6.07) is -2.11. The third-order valence-corrected chi connectivity index (χ3v) is 13.8. The lowest BCUT2D eigenvalue weighted by molar-refractivity contribution is -0.296. The minimum Gasteiger partial charge on any atom is -0.509 e. The molecule has 65 heavy (non-hydrogen) atoms. The van der Waals surface area contributed by atoms with Crippen molar-refractivity contribution in [3.8, 4) is 0 Å². The Balaban J connectivity index is 1.40. The largest absolute Gasteiger partial charge is 0.509 e. The number of hydrogen-bond donors (Lipinski definition) is 6. The number of allylic oxidation sites excluding steroid dienone is 2. The van der Waals surface area contributed by atoms with E-state index in [0.29, 0.717) is 24.1 Å². The Labute approximate surface area is 389 Å². The molecule has 14 atom stereocenters. The molecule has 1 saturated carbocycles. The fourth-order valence-corrected chi connectivity index (χ4v) is 9.89. The van der Waals surface area contributed by atoms with E-state index in [9.17, 15) is 39.3 Å². The molecule has 3 amide bonds. The van der Waals surface area contributed by atoms with Crippen LogP contribution in [0.15, 0.2) is 35.6 Å². The van der Waals surface area contributed by atoms with Crippen molar-refractivity contribution in [3.63, 3.8) is 0 Å². The number of esters is 1. The summed E-state index contributed by atoms with van der Waals surface area (Å²) in [4.78, 5) is 70.7. The van der Waals surface area contributed by atoms with Crippen LogP contribution in [0, 0.1) is 30.6 Å². The number of hydrogen-bond acceptors (Lipinski definition) is 14. The molecule has 18 nitrogen and oxygen atoms in total. The molecule has 14 unspecified atom stereocenters. The first kappa shape index (κ1) is 52.0. The number of rotatable bonds is 15. The van der Waals surface area contributed by atoms with Gasteiger partial charge in [0.1, 0.15) is 34.8 Å². The molecule has 1 aliphatic carbocycles. The van der Waals surface area contributed by atoms with Gasteiger partial charge < -0.3 is 59.8 Å². The van der Waals surface area contributed by atoms with Gasteiger partial charge in [-0.1, -0.05) is 75.2 Å². The van der Waals surface area contributed by atoms with Gasteiger partial charge in [0.25, 0.3) is 11.8 Å². The van der Waals surface area contributed by atoms with Crippen molar-refractivity contribution >= 4 is 52.9 Å². The van der Waals surface area contributed by atoms with Crippen LogP contribution >= 0.6 is 23.2 Å². The van der Waals surface area contributed by atoms with Crippen LogP contribution in [-0.4, -0.2) is 135 Å². The van der Waals surface area contributed by atoms with Gasteiger partial charge in [0.05, 0.1) is 40.4 Å². The van der Waals surface area contributed by atoms with Gasteiger partial charge >= 0.3 is 12.1 Å². The fraction of sp³-hybridized carbons (Fsp3) is 0.667. The first-order chi connectivity index (χ1) is 30.3. The lowest BCUT2D eigenvalue weighted by Gasteiger charge is -2.48. The summed E-state index contributed by atoms with van der Waals surface area (Å²) in [5.74, 6) is -4.84. The Kier molecular flexibility index (Phi) is 16.7. The maximum absolute atomic E-state index is 14.6. The van der Waals surface area contributed by atoms with Crippen LogP contribution < -0.4 is 11.1 Å². The van der Waals surface area contributed by atoms with Crippen molar-refractivity contribution in [1.82, 2.24) is 15.2 Å². The number of aryl methyl sites for hydroxylation is 1. The van der Waals surface area contributed by atoms with Gasteiger partial charge in [-0.3, -0.25) is 24.1 Å². The highest BCUT2D eigenvalue weighted by molar-refractivity contribution is 6.44. The van der Waals surface area contributed by atoms with E-state index in [1.54, 1.807) is 34.6 Å². The smallest absolute Gasteiger partial charge is 0.405 e. The molecule has 362 valence electrons. The minimum absolute atomic E-state index is 0.0000541. The standard InChI is InChI=1S/C45H64Cl2N4O14/c1-18(2)12-14-26-27(20(5)13-15-29(26)64-30-17-45(59,40(55)23(8)61-30)24(9)50-41(56)34-33(47)32(46)21(6)49-34)16-28(53)31-36(54)35(19(3)4)51(42(31)57)43-39(60-11)38(63-25(10)52)37(22(7)62-43)65-44(48)58/h12,14,18-19,22-24,26-27,29-30,35,37-40,43,49,54-55,59H,5,13,15-17H2,1-4,6-11H3,(H2,48,58)(H,50,56)/b14-12-. The lowest BCUT2D eigenvalue weighted by atomic mass is 9.71. The Morgan fingerprint density at radius 1 is 1.06 bits per heavy atom. The number of aliphatic hydroxyl groups is 3. The maximum Gasteiger partial charge on any atom is 0.405 e. The van der Waals surface area contributed by atoms with E-state index in [0.717, 1.165) is 6.92 Å². The Hall–Kier alpha value is -4.01. The van der Waals surface area contributed by atoms with E-state index in [-0.39, 0.29) is 34.5 Å². The summed E-state index contributed by atoms with van der Waals surface area (Å²) in [5, 5.41) is 38.1. The molecule has 20 heteroatoms. The summed E-state index contributed by atoms with van der Waals surface area (Å²) in [6.07, 6.45) is -7.05. The number of nitrogens with zero attached hydrogens (tertiary/aromatic N) is 1. The highest BCUT2D eigenvalue weighted by atomic mass is 35.5. The molecular weight excluding hydrogens is 891 g/mol. The number of nitrogens with one attached hydrogen (secondary N) is 2. The molecular formula is C45H64Cl2N4O14. The first-order valence-corrected chi connectivity index (χ1v) is 22.6. The summed E-state index contributed by atoms with van der Waals surface area (Å²) in [7, 11) is 1.29. The molecule has 3 fully saturated rings. The second-order valence-corrected chi connectivity index (χ2v) is 19.0. The molecule has 3 aliphatic heterocycles. The Morgan fingerprint density at radius 3 is 2.28 bits per heavy atom. The van der Waals surface area contributed by atoms with Crippen LogP contribution in [-0.2, 0) is 42.8 Å². The van der Waals surface area contributed by atoms with Gasteiger partial charge in [-0.05, 0) is 58.3 Å². The summed E-state index contributed by atoms with van der Waals surface area (Å²) in [5.41, 5.74) is 4.14. The molecule has 0 aromatic carbocycles. The zero-order chi connectivity index (χ0) is 48.6. The summed E-state index contributed by atoms with van der Waals surface area (Å²) < 4.78 is 35.5. The van der Waals surface area contributed by atoms with E-state index in [2.05, 4.69) is 16.9 Å². The van der Waals surface area contributed by atoms with Crippen LogP contribution in [0.5, 0.6) is 0 Å². The highest BCUT2D eigenvalue weighted by Crippen LogP contribution is 2.44. The minimum atomic E-state index is -1.94. The summed E-state index contributed by atoms with van der Waals surface area (Å²) >= 11 is 12.5. The number of halogens is 2. The topological polar surface area (TPSA) is 258 Å². The number of ketones is 1. The van der Waals surface area contributed by atoms with Gasteiger partial charge in [0.2, 0.25) is 0 Å². The summed E-state index contributed by atoms with van der Waals surface area (Å²) in [6.45, 7) is 19.3. The molecule has 0 spiro atoms. The molecule has 0 bridgehead atoms. The number of H-pyrrole nitrogens is 1. The third-order valence-electron chi connectivity index (χ3n) is 12.9. The average molecular weight is 956 g/mol. The number of carbonyl (C=O) groups is 5. The number of aliphatic hydroxyl groups excluding tert-OH is 2. The molecule has 0 radical (unpaired) electrons. The fourth-order valence-electron chi connectivity index (χ4n) is 9.48. The van der Waals surface area contributed by atoms with E-state index >= 15 is 0 Å². The quantitative estimate of drug-likeness (QED) is 0.0773. The number of nitrogens with two attached hydrogens (primary N) is 1. The predicted octanol–water partition coefficient (Wildman–Crippen LogP) is 4.95. The molecule has 1 aromatic heterocycles. The van der Waals surface area contributed by atoms with Crippen molar-refractivity contribution in [2.24, 2.45) is 29.4 Å². The number of ether oxygens (including phenoxy) is 6. The third kappa shape index (κ3) is 10.7. The van der Waals surface area contributed by atoms with Crippen molar-refractivity contribution in [1.29, 1.82) is 0 Å². The van der Waals surface area contributed by atoms with E-state index in [4.69, 9.17) is 57.4 Å².